The Morgan fingerprint density at radius 1 is 1.48 bits per heavy atom. The first-order valence-corrected chi connectivity index (χ1v) is 7.19. The molecule has 6 heteroatoms. The third-order valence-corrected chi connectivity index (χ3v) is 3.43. The SMILES string of the molecule is CC(=O)c1ccc(NCCCOCC2CC2)c([N+](=O)[O-])c1. The summed E-state index contributed by atoms with van der Waals surface area (Å²) in [5.74, 6) is 0.566. The van der Waals surface area contributed by atoms with Crippen molar-refractivity contribution in [3.63, 3.8) is 0 Å². The summed E-state index contributed by atoms with van der Waals surface area (Å²) < 4.78 is 5.51. The van der Waals surface area contributed by atoms with Gasteiger partial charge in [0.25, 0.3) is 5.69 Å². The number of carbonyl (C=O) groups excluding carboxylic acids is 1. The highest BCUT2D eigenvalue weighted by atomic mass is 16.6. The molecule has 0 radical (unpaired) electrons. The maximum Gasteiger partial charge on any atom is 0.293 e. The Morgan fingerprint density at radius 3 is 2.86 bits per heavy atom. The second-order valence-corrected chi connectivity index (χ2v) is 5.34. The summed E-state index contributed by atoms with van der Waals surface area (Å²) in [6, 6.07) is 4.50. The number of hydrogen-bond acceptors (Lipinski definition) is 5. The topological polar surface area (TPSA) is 81.5 Å². The van der Waals surface area contributed by atoms with Gasteiger partial charge >= 0.3 is 0 Å². The fourth-order valence-corrected chi connectivity index (χ4v) is 1.98. The quantitative estimate of drug-likeness (QED) is 0.327. The molecule has 0 aromatic heterocycles. The lowest BCUT2D eigenvalue weighted by atomic mass is 10.1. The summed E-state index contributed by atoms with van der Waals surface area (Å²) in [6.45, 7) is 3.48. The van der Waals surface area contributed by atoms with Gasteiger partial charge in [0.1, 0.15) is 5.69 Å². The van der Waals surface area contributed by atoms with Gasteiger partial charge < -0.3 is 10.1 Å². The Morgan fingerprint density at radius 2 is 2.24 bits per heavy atom. The summed E-state index contributed by atoms with van der Waals surface area (Å²) in [5.41, 5.74) is 0.716. The zero-order chi connectivity index (χ0) is 15.2. The number of hydrogen-bond donors (Lipinski definition) is 1. The molecular weight excluding hydrogens is 272 g/mol. The van der Waals surface area contributed by atoms with E-state index in [1.54, 1.807) is 12.1 Å². The summed E-state index contributed by atoms with van der Waals surface area (Å²) in [6.07, 6.45) is 3.33. The Balaban J connectivity index is 1.83. The van der Waals surface area contributed by atoms with E-state index in [9.17, 15) is 14.9 Å². The Labute approximate surface area is 123 Å². The number of nitrogens with one attached hydrogen (secondary N) is 1. The minimum absolute atomic E-state index is 0.0680. The van der Waals surface area contributed by atoms with E-state index >= 15 is 0 Å². The van der Waals surface area contributed by atoms with Crippen molar-refractivity contribution in [3.05, 3.63) is 33.9 Å². The van der Waals surface area contributed by atoms with Crippen molar-refractivity contribution < 1.29 is 14.5 Å². The largest absolute Gasteiger partial charge is 0.381 e. The zero-order valence-corrected chi connectivity index (χ0v) is 12.1. The number of nitrogens with zero attached hydrogens (tertiary/aromatic N) is 1. The molecule has 0 unspecified atom stereocenters. The number of ketones is 1. The number of nitro groups is 1. The molecule has 1 aliphatic rings. The van der Waals surface area contributed by atoms with E-state index in [-0.39, 0.29) is 11.5 Å². The number of rotatable bonds is 9. The molecule has 0 heterocycles. The van der Waals surface area contributed by atoms with Gasteiger partial charge in [-0.15, -0.1) is 0 Å². The molecule has 21 heavy (non-hydrogen) atoms. The molecule has 1 fully saturated rings. The molecule has 1 aliphatic carbocycles. The highest BCUT2D eigenvalue weighted by Gasteiger charge is 2.21. The van der Waals surface area contributed by atoms with Crippen molar-refractivity contribution in [2.45, 2.75) is 26.2 Å². The van der Waals surface area contributed by atoms with E-state index < -0.39 is 4.92 Å². The van der Waals surface area contributed by atoms with Gasteiger partial charge in [-0.25, -0.2) is 0 Å². The van der Waals surface area contributed by atoms with Crippen LogP contribution < -0.4 is 5.32 Å². The Hall–Kier alpha value is -1.95. The molecule has 0 bridgehead atoms. The highest BCUT2D eigenvalue weighted by Crippen LogP contribution is 2.29. The van der Waals surface area contributed by atoms with Gasteiger partial charge in [0, 0.05) is 31.4 Å². The van der Waals surface area contributed by atoms with E-state index in [2.05, 4.69) is 5.32 Å². The highest BCUT2D eigenvalue weighted by molar-refractivity contribution is 5.95. The predicted molar refractivity (Wildman–Crippen MR) is 79.8 cm³/mol. The summed E-state index contributed by atoms with van der Waals surface area (Å²) in [4.78, 5) is 21.8. The smallest absolute Gasteiger partial charge is 0.293 e. The number of carbonyl (C=O) groups is 1. The lowest BCUT2D eigenvalue weighted by Crippen LogP contribution is -2.08. The van der Waals surface area contributed by atoms with Gasteiger partial charge in [-0.05, 0) is 44.2 Å². The molecule has 1 N–H and O–H groups in total. The van der Waals surface area contributed by atoms with Crippen LogP contribution in [-0.4, -0.2) is 30.5 Å². The lowest BCUT2D eigenvalue weighted by Gasteiger charge is -2.08. The van der Waals surface area contributed by atoms with Gasteiger partial charge in [-0.3, -0.25) is 14.9 Å². The first kappa shape index (κ1) is 15.4. The minimum atomic E-state index is -0.474. The van der Waals surface area contributed by atoms with E-state index in [0.717, 1.165) is 18.9 Å². The molecule has 1 aromatic carbocycles. The molecule has 2 rings (SSSR count). The van der Waals surface area contributed by atoms with Gasteiger partial charge in [0.2, 0.25) is 0 Å². The van der Waals surface area contributed by atoms with Gasteiger partial charge in [-0.2, -0.15) is 0 Å². The normalized spacial score (nSPS) is 14.0. The van der Waals surface area contributed by atoms with Crippen LogP contribution in [0.15, 0.2) is 18.2 Å². The summed E-state index contributed by atoms with van der Waals surface area (Å²) in [7, 11) is 0. The number of nitro benzene ring substituents is 1. The predicted octanol–water partition coefficient (Wildman–Crippen LogP) is 3.03. The van der Waals surface area contributed by atoms with E-state index in [4.69, 9.17) is 4.74 Å². The number of benzene rings is 1. The van der Waals surface area contributed by atoms with Crippen molar-refractivity contribution in [1.29, 1.82) is 0 Å². The average molecular weight is 292 g/mol. The van der Waals surface area contributed by atoms with Crippen LogP contribution in [0.1, 0.15) is 36.5 Å². The molecule has 0 aliphatic heterocycles. The second kappa shape index (κ2) is 7.17. The molecule has 0 spiro atoms. The third-order valence-electron chi connectivity index (χ3n) is 3.43. The van der Waals surface area contributed by atoms with Gasteiger partial charge in [0.15, 0.2) is 5.78 Å². The van der Waals surface area contributed by atoms with Crippen LogP contribution in [-0.2, 0) is 4.74 Å². The van der Waals surface area contributed by atoms with Crippen molar-refractivity contribution >= 4 is 17.2 Å². The molecule has 0 atom stereocenters. The third kappa shape index (κ3) is 4.82. The van der Waals surface area contributed by atoms with E-state index in [0.29, 0.717) is 24.4 Å². The van der Waals surface area contributed by atoms with Crippen LogP contribution in [0.2, 0.25) is 0 Å². The lowest BCUT2D eigenvalue weighted by molar-refractivity contribution is -0.384. The maximum atomic E-state index is 11.3. The van der Waals surface area contributed by atoms with E-state index in [1.165, 1.54) is 25.8 Å². The first-order valence-electron chi connectivity index (χ1n) is 7.19. The van der Waals surface area contributed by atoms with E-state index in [1.807, 2.05) is 0 Å². The van der Waals surface area contributed by atoms with Crippen LogP contribution in [0.3, 0.4) is 0 Å². The van der Waals surface area contributed by atoms with Crippen LogP contribution in [0.5, 0.6) is 0 Å². The van der Waals surface area contributed by atoms with Crippen molar-refractivity contribution in [3.8, 4) is 0 Å². The van der Waals surface area contributed by atoms with Crippen molar-refractivity contribution in [2.75, 3.05) is 25.1 Å². The molecule has 0 amide bonds. The molecule has 1 saturated carbocycles. The average Bonchev–Trinajstić information content (AvgIpc) is 3.26. The second-order valence-electron chi connectivity index (χ2n) is 5.34. The molecule has 0 saturated heterocycles. The Bertz CT molecular complexity index is 526. The van der Waals surface area contributed by atoms with Crippen LogP contribution in [0, 0.1) is 16.0 Å². The van der Waals surface area contributed by atoms with Crippen LogP contribution in [0.4, 0.5) is 11.4 Å². The fraction of sp³-hybridized carbons (Fsp3) is 0.533. The van der Waals surface area contributed by atoms with Gasteiger partial charge in [-0.1, -0.05) is 0 Å². The van der Waals surface area contributed by atoms with Crippen LogP contribution >= 0.6 is 0 Å². The summed E-state index contributed by atoms with van der Waals surface area (Å²) in [5, 5.41) is 14.1. The standard InChI is InChI=1S/C15H20N2O4/c1-11(18)13-5-6-14(15(9-13)17(19)20)16-7-2-8-21-10-12-3-4-12/h5-6,9,12,16H,2-4,7-8,10H2,1H3. The molecular formula is C15H20N2O4. The summed E-state index contributed by atoms with van der Waals surface area (Å²) >= 11 is 0. The number of Topliss-reactive ketones (excluding diaryl/α,β-unsaturated/α-hetero) is 1. The minimum Gasteiger partial charge on any atom is -0.381 e. The number of ether oxygens (including phenoxy) is 1. The van der Waals surface area contributed by atoms with Crippen LogP contribution in [0.25, 0.3) is 0 Å². The molecule has 114 valence electrons. The molecule has 6 nitrogen and oxygen atoms in total. The van der Waals surface area contributed by atoms with Crippen molar-refractivity contribution in [2.24, 2.45) is 5.92 Å². The van der Waals surface area contributed by atoms with Crippen molar-refractivity contribution in [1.82, 2.24) is 0 Å². The monoisotopic (exact) mass is 292 g/mol. The molecule has 1 aromatic rings. The zero-order valence-electron chi connectivity index (χ0n) is 12.1. The number of anilines is 1. The fourth-order valence-electron chi connectivity index (χ4n) is 1.98. The maximum absolute atomic E-state index is 11.3. The first-order chi connectivity index (χ1) is 10.1. The van der Waals surface area contributed by atoms with Gasteiger partial charge in [0.05, 0.1) is 4.92 Å². The Kier molecular flexibility index (Phi) is 5.27.